The zero-order valence-electron chi connectivity index (χ0n) is 14.0. The van der Waals surface area contributed by atoms with Crippen LogP contribution in [0.15, 0.2) is 38.4 Å². The molecule has 1 aromatic carbocycles. The molecular formula is C17H14N2O4S3. The number of hydrogen-bond acceptors (Lipinski definition) is 8. The summed E-state index contributed by atoms with van der Waals surface area (Å²) in [6, 6.07) is 6.41. The lowest BCUT2D eigenvalue weighted by Crippen LogP contribution is -2.24. The second kappa shape index (κ2) is 5.51. The Morgan fingerprint density at radius 3 is 2.77 bits per heavy atom. The van der Waals surface area contributed by atoms with Crippen molar-refractivity contribution in [2.24, 2.45) is 4.99 Å². The molecule has 3 aliphatic rings. The molecule has 0 aliphatic carbocycles. The van der Waals surface area contributed by atoms with Crippen molar-refractivity contribution in [2.45, 2.75) is 11.8 Å². The maximum absolute atomic E-state index is 11.8. The van der Waals surface area contributed by atoms with Crippen LogP contribution in [0.4, 0.5) is 0 Å². The number of rotatable bonds is 2. The van der Waals surface area contributed by atoms with Crippen LogP contribution >= 0.6 is 33.7 Å². The number of fused-ring (bicyclic) bond motifs is 3. The molecule has 1 aromatic heterocycles. The molecule has 0 N–H and O–H groups in total. The first-order chi connectivity index (χ1) is 12.5. The quantitative estimate of drug-likeness (QED) is 0.559. The monoisotopic (exact) mass is 406 g/mol. The average molecular weight is 407 g/mol. The molecule has 0 atom stereocenters. The van der Waals surface area contributed by atoms with E-state index in [0.29, 0.717) is 18.3 Å². The van der Waals surface area contributed by atoms with Crippen molar-refractivity contribution >= 4 is 66.6 Å². The molecule has 9 heteroatoms. The van der Waals surface area contributed by atoms with Crippen LogP contribution in [0.2, 0.25) is 0 Å². The lowest BCUT2D eigenvalue weighted by atomic mass is 10.1. The Kier molecular flexibility index (Phi) is 3.44. The van der Waals surface area contributed by atoms with Gasteiger partial charge in [-0.3, -0.25) is 0 Å². The number of carbonyl (C=O) groups excluding carboxylic acids is 2. The molecule has 0 amide bonds. The van der Waals surface area contributed by atoms with Crippen molar-refractivity contribution in [1.82, 2.24) is 4.90 Å². The molecule has 3 aliphatic heterocycles. The highest BCUT2D eigenvalue weighted by Gasteiger charge is 2.56. The second-order valence-electron chi connectivity index (χ2n) is 5.98. The molecule has 134 valence electrons. The number of carbonyl (C=O) groups is 2. The third-order valence-corrected chi connectivity index (χ3v) is 8.93. The van der Waals surface area contributed by atoms with Gasteiger partial charge in [0.05, 0.1) is 17.1 Å². The van der Waals surface area contributed by atoms with Crippen molar-refractivity contribution in [2.75, 3.05) is 19.3 Å². The van der Waals surface area contributed by atoms with E-state index >= 15 is 0 Å². The van der Waals surface area contributed by atoms with E-state index < -0.39 is 22.5 Å². The van der Waals surface area contributed by atoms with Gasteiger partial charge in [-0.2, -0.15) is 0 Å². The van der Waals surface area contributed by atoms with Gasteiger partial charge >= 0.3 is 11.9 Å². The van der Waals surface area contributed by atoms with Gasteiger partial charge < -0.3 is 13.3 Å². The molecule has 0 unspecified atom stereocenters. The molecule has 4 heterocycles. The first-order valence-electron chi connectivity index (χ1n) is 7.94. The Labute approximate surface area is 159 Å². The van der Waals surface area contributed by atoms with E-state index in [0.717, 1.165) is 21.6 Å². The Hall–Kier alpha value is -1.97. The fourth-order valence-electron chi connectivity index (χ4n) is 3.47. The molecule has 2 aromatic rings. The fourth-order valence-corrected chi connectivity index (χ4v) is 7.31. The van der Waals surface area contributed by atoms with Crippen LogP contribution in [0, 0.1) is 0 Å². The third kappa shape index (κ3) is 1.99. The normalized spacial score (nSPS) is 22.1. The van der Waals surface area contributed by atoms with Gasteiger partial charge in [0.15, 0.2) is 0 Å². The Morgan fingerprint density at radius 1 is 1.27 bits per heavy atom. The summed E-state index contributed by atoms with van der Waals surface area (Å²) in [5, 5.41) is 3.83. The Morgan fingerprint density at radius 2 is 2.04 bits per heavy atom. The smallest absolute Gasteiger partial charge is 0.322 e. The van der Waals surface area contributed by atoms with Gasteiger partial charge in [-0.25, -0.2) is 14.6 Å². The number of benzene rings is 1. The Balaban J connectivity index is 1.74. The zero-order chi connectivity index (χ0) is 18.1. The molecule has 1 spiro atoms. The van der Waals surface area contributed by atoms with Gasteiger partial charge in [-0.1, -0.05) is 0 Å². The average Bonchev–Trinajstić information content (AvgIpc) is 3.37. The number of thiophene rings is 1. The van der Waals surface area contributed by atoms with Gasteiger partial charge in [-0.15, -0.1) is 23.1 Å². The summed E-state index contributed by atoms with van der Waals surface area (Å²) >= 11 is 3.37. The highest BCUT2D eigenvalue weighted by Crippen LogP contribution is 2.69. The maximum Gasteiger partial charge on any atom is 0.442 e. The molecule has 1 fully saturated rings. The van der Waals surface area contributed by atoms with Crippen LogP contribution < -0.4 is 0 Å². The number of aliphatic imine (C=N–C) groups is 1. The van der Waals surface area contributed by atoms with Crippen LogP contribution in [0.5, 0.6) is 0 Å². The van der Waals surface area contributed by atoms with E-state index in [2.05, 4.69) is 34.8 Å². The minimum absolute atomic E-state index is 0.574. The number of hydrogen-bond donors (Lipinski definition) is 0. The predicted molar refractivity (Wildman–Crippen MR) is 105 cm³/mol. The van der Waals surface area contributed by atoms with Crippen LogP contribution in [0.1, 0.15) is 12.5 Å². The van der Waals surface area contributed by atoms with E-state index in [9.17, 15) is 9.59 Å². The molecule has 0 saturated carbocycles. The van der Waals surface area contributed by atoms with Crippen molar-refractivity contribution in [3.8, 4) is 0 Å². The molecule has 0 radical (unpaired) electrons. The van der Waals surface area contributed by atoms with Gasteiger partial charge in [-0.05, 0) is 42.0 Å². The van der Waals surface area contributed by atoms with E-state index in [-0.39, 0.29) is 0 Å². The highest BCUT2D eigenvalue weighted by atomic mass is 32.3. The maximum atomic E-state index is 11.8. The van der Waals surface area contributed by atoms with Gasteiger partial charge in [0.25, 0.3) is 0 Å². The SMILES string of the molecule is CSc1ccc2scc(C3=C(C)S4(OC(=O)C(=O)O4)C4=NCCN43)c2c1. The summed E-state index contributed by atoms with van der Waals surface area (Å²) in [5.74, 6) is -1.87. The van der Waals surface area contributed by atoms with Crippen molar-refractivity contribution in [3.63, 3.8) is 0 Å². The van der Waals surface area contributed by atoms with E-state index in [4.69, 9.17) is 8.37 Å². The Bertz CT molecular complexity index is 1040. The van der Waals surface area contributed by atoms with E-state index in [1.54, 1.807) is 23.1 Å². The van der Waals surface area contributed by atoms with E-state index in [1.165, 1.54) is 9.60 Å². The molecular weight excluding hydrogens is 392 g/mol. The largest absolute Gasteiger partial charge is 0.442 e. The zero-order valence-corrected chi connectivity index (χ0v) is 16.4. The summed E-state index contributed by atoms with van der Waals surface area (Å²) in [7, 11) is -2.58. The predicted octanol–water partition coefficient (Wildman–Crippen LogP) is 3.73. The molecule has 1 saturated heterocycles. The van der Waals surface area contributed by atoms with Crippen LogP contribution in [0.25, 0.3) is 15.8 Å². The van der Waals surface area contributed by atoms with Crippen molar-refractivity contribution < 1.29 is 18.0 Å². The van der Waals surface area contributed by atoms with Crippen LogP contribution in [0.3, 0.4) is 0 Å². The molecule has 5 rings (SSSR count). The summed E-state index contributed by atoms with van der Waals surface area (Å²) in [6.07, 6.45) is 2.05. The van der Waals surface area contributed by atoms with Gasteiger partial charge in [0, 0.05) is 32.5 Å². The number of nitrogens with zero attached hydrogens (tertiary/aromatic N) is 2. The van der Waals surface area contributed by atoms with Crippen molar-refractivity contribution in [3.05, 3.63) is 34.0 Å². The lowest BCUT2D eigenvalue weighted by Gasteiger charge is -2.31. The van der Waals surface area contributed by atoms with Crippen molar-refractivity contribution in [1.29, 1.82) is 0 Å². The molecule has 0 bridgehead atoms. The summed E-state index contributed by atoms with van der Waals surface area (Å²) in [6.45, 7) is 3.15. The van der Waals surface area contributed by atoms with Gasteiger partial charge in [0.2, 0.25) is 5.17 Å². The van der Waals surface area contributed by atoms with Crippen LogP contribution in [-0.4, -0.2) is 41.4 Å². The summed E-state index contributed by atoms with van der Waals surface area (Å²) in [4.78, 5) is 32.1. The summed E-state index contributed by atoms with van der Waals surface area (Å²) in [5.41, 5.74) is 2.01. The minimum atomic E-state index is -2.58. The minimum Gasteiger partial charge on any atom is -0.322 e. The first kappa shape index (κ1) is 16.2. The molecule has 6 nitrogen and oxygen atoms in total. The van der Waals surface area contributed by atoms with Gasteiger partial charge in [0.1, 0.15) is 0 Å². The highest BCUT2D eigenvalue weighted by molar-refractivity contribution is 8.42. The topological polar surface area (TPSA) is 68.2 Å². The van der Waals surface area contributed by atoms with Crippen LogP contribution in [-0.2, 0) is 18.0 Å². The lowest BCUT2D eigenvalue weighted by molar-refractivity contribution is -0.150. The number of allylic oxidation sites excluding steroid dienone is 1. The fraction of sp³-hybridized carbons (Fsp3) is 0.235. The first-order valence-corrected chi connectivity index (χ1v) is 11.5. The van der Waals surface area contributed by atoms with E-state index in [1.807, 2.05) is 11.8 Å². The molecule has 26 heavy (non-hydrogen) atoms. The third-order valence-electron chi connectivity index (χ3n) is 4.64. The number of thioether (sulfide) groups is 1. The summed E-state index contributed by atoms with van der Waals surface area (Å²) < 4.78 is 12.1. The standard InChI is InChI=1S/C17H14N2O4S3/c1-9-14(12-8-25-13-4-3-10(24-2)7-11(12)13)19-6-5-18-17(19)26(9)22-15(20)16(21)23-26/h3-4,7-8H,5-6H2,1-2H3. The second-order valence-corrected chi connectivity index (χ2v) is 10.1. The number of amidine groups is 1.